The first kappa shape index (κ1) is 23.1. The molecule has 0 amide bonds. The van der Waals surface area contributed by atoms with Gasteiger partial charge in [-0.1, -0.05) is 15.9 Å². The van der Waals surface area contributed by atoms with Crippen LogP contribution in [0.5, 0.6) is 23.0 Å². The molecule has 0 atom stereocenters. The van der Waals surface area contributed by atoms with Crippen LogP contribution in [0.1, 0.15) is 21.7 Å². The predicted molar refractivity (Wildman–Crippen MR) is 125 cm³/mol. The molecular weight excluding hydrogens is 510 g/mol. The Morgan fingerprint density at radius 1 is 1.00 bits per heavy atom. The lowest BCUT2D eigenvalue weighted by Crippen LogP contribution is -2.10. The zero-order chi connectivity index (χ0) is 24.2. The Balaban J connectivity index is 1.67. The molecule has 2 aromatic carbocycles. The Morgan fingerprint density at radius 2 is 1.74 bits per heavy atom. The maximum atomic E-state index is 13.0. The highest BCUT2D eigenvalue weighted by atomic mass is 79.9. The third-order valence-corrected chi connectivity index (χ3v) is 5.21. The Bertz CT molecular complexity index is 1290. The topological polar surface area (TPSA) is 106 Å². The molecule has 0 radical (unpaired) electrons. The van der Waals surface area contributed by atoms with E-state index < -0.39 is 11.9 Å². The van der Waals surface area contributed by atoms with Gasteiger partial charge in [0.05, 0.1) is 33.2 Å². The first-order valence-electron chi connectivity index (χ1n) is 9.81. The molecule has 2 heterocycles. The average molecular weight is 528 g/mol. The van der Waals surface area contributed by atoms with E-state index in [0.717, 1.165) is 0 Å². The summed E-state index contributed by atoms with van der Waals surface area (Å²) in [6, 6.07) is 11.2. The normalized spacial score (nSPS) is 13.9. The summed E-state index contributed by atoms with van der Waals surface area (Å²) in [6.07, 6.45) is 2.91. The van der Waals surface area contributed by atoms with E-state index in [2.05, 4.69) is 20.9 Å². The maximum Gasteiger partial charge on any atom is 0.363 e. The summed E-state index contributed by atoms with van der Waals surface area (Å²) in [6.45, 7) is 0. The number of nitrogens with zero attached hydrogens (tertiary/aromatic N) is 1. The Kier molecular flexibility index (Phi) is 6.69. The number of aliphatic imine (C=N–C) groups is 1. The van der Waals surface area contributed by atoms with Gasteiger partial charge in [0, 0.05) is 10.0 Å². The van der Waals surface area contributed by atoms with Crippen LogP contribution in [0, 0.1) is 0 Å². The molecule has 1 aliphatic heterocycles. The molecule has 0 saturated heterocycles. The van der Waals surface area contributed by atoms with Gasteiger partial charge in [0.25, 0.3) is 5.90 Å². The van der Waals surface area contributed by atoms with E-state index in [1.807, 2.05) is 0 Å². The zero-order valence-electron chi connectivity index (χ0n) is 18.3. The van der Waals surface area contributed by atoms with Gasteiger partial charge in [0.15, 0.2) is 23.0 Å². The largest absolute Gasteiger partial charge is 0.493 e. The minimum absolute atomic E-state index is 0.0228. The minimum Gasteiger partial charge on any atom is -0.493 e. The SMILES string of the molecule is COc1cc(C(=O)Oc2ccc(Br)cc2/C=C2/N=C(c3ccco3)OC2=O)cc(OC)c1OC. The number of rotatable bonds is 7. The van der Waals surface area contributed by atoms with Crippen LogP contribution in [0.2, 0.25) is 0 Å². The van der Waals surface area contributed by atoms with Crippen molar-refractivity contribution >= 4 is 39.8 Å². The van der Waals surface area contributed by atoms with E-state index in [-0.39, 0.29) is 22.9 Å². The van der Waals surface area contributed by atoms with Crippen molar-refractivity contribution in [2.45, 2.75) is 0 Å². The van der Waals surface area contributed by atoms with E-state index in [0.29, 0.717) is 33.0 Å². The van der Waals surface area contributed by atoms with Crippen LogP contribution in [-0.2, 0) is 9.53 Å². The summed E-state index contributed by atoms with van der Waals surface area (Å²) >= 11 is 3.39. The molecule has 0 spiro atoms. The van der Waals surface area contributed by atoms with Crippen molar-refractivity contribution in [1.82, 2.24) is 0 Å². The van der Waals surface area contributed by atoms with Crippen molar-refractivity contribution in [3.05, 3.63) is 75.8 Å². The second-order valence-electron chi connectivity index (χ2n) is 6.80. The van der Waals surface area contributed by atoms with Crippen LogP contribution in [-0.4, -0.2) is 39.2 Å². The van der Waals surface area contributed by atoms with Crippen molar-refractivity contribution in [2.24, 2.45) is 4.99 Å². The number of hydrogen-bond donors (Lipinski definition) is 0. The zero-order valence-corrected chi connectivity index (χ0v) is 19.9. The molecule has 0 N–H and O–H groups in total. The number of ether oxygens (including phenoxy) is 5. The van der Waals surface area contributed by atoms with Gasteiger partial charge in [-0.05, 0) is 48.5 Å². The highest BCUT2D eigenvalue weighted by molar-refractivity contribution is 9.10. The number of esters is 2. The molecule has 0 aliphatic carbocycles. The molecule has 10 heteroatoms. The van der Waals surface area contributed by atoms with Gasteiger partial charge >= 0.3 is 11.9 Å². The third kappa shape index (κ3) is 4.67. The van der Waals surface area contributed by atoms with Gasteiger partial charge < -0.3 is 28.1 Å². The number of methoxy groups -OCH3 is 3. The fourth-order valence-corrected chi connectivity index (χ4v) is 3.52. The summed E-state index contributed by atoms with van der Waals surface area (Å²) < 4.78 is 32.6. The lowest BCUT2D eigenvalue weighted by atomic mass is 10.1. The van der Waals surface area contributed by atoms with Gasteiger partial charge in [0.2, 0.25) is 5.75 Å². The Labute approximate surface area is 202 Å². The van der Waals surface area contributed by atoms with Crippen LogP contribution in [0.15, 0.2) is 68.3 Å². The van der Waals surface area contributed by atoms with Gasteiger partial charge in [-0.3, -0.25) is 0 Å². The number of benzene rings is 2. The highest BCUT2D eigenvalue weighted by Crippen LogP contribution is 2.38. The van der Waals surface area contributed by atoms with Crippen LogP contribution >= 0.6 is 15.9 Å². The summed E-state index contributed by atoms with van der Waals surface area (Å²) in [5.41, 5.74) is 0.621. The monoisotopic (exact) mass is 527 g/mol. The molecule has 0 fully saturated rings. The second kappa shape index (κ2) is 9.84. The van der Waals surface area contributed by atoms with Crippen molar-refractivity contribution in [3.63, 3.8) is 0 Å². The van der Waals surface area contributed by atoms with Crippen molar-refractivity contribution in [2.75, 3.05) is 21.3 Å². The summed E-state index contributed by atoms with van der Waals surface area (Å²) in [5.74, 6) is 0.195. The molecule has 9 nitrogen and oxygen atoms in total. The number of furan rings is 1. The maximum absolute atomic E-state index is 13.0. The minimum atomic E-state index is -0.671. The van der Waals surface area contributed by atoms with Crippen molar-refractivity contribution in [1.29, 1.82) is 0 Å². The second-order valence-corrected chi connectivity index (χ2v) is 7.71. The van der Waals surface area contributed by atoms with Gasteiger partial charge in [-0.25, -0.2) is 14.6 Å². The van der Waals surface area contributed by atoms with Crippen LogP contribution in [0.25, 0.3) is 6.08 Å². The number of carbonyl (C=O) groups excluding carboxylic acids is 2. The predicted octanol–water partition coefficient (Wildman–Crippen LogP) is 4.63. The lowest BCUT2D eigenvalue weighted by molar-refractivity contribution is -0.130. The van der Waals surface area contributed by atoms with Crippen molar-refractivity contribution in [3.8, 4) is 23.0 Å². The summed E-state index contributed by atoms with van der Waals surface area (Å²) in [4.78, 5) is 29.5. The first-order chi connectivity index (χ1) is 16.4. The van der Waals surface area contributed by atoms with Gasteiger partial charge in [0.1, 0.15) is 5.75 Å². The van der Waals surface area contributed by atoms with Crippen LogP contribution < -0.4 is 18.9 Å². The number of hydrogen-bond acceptors (Lipinski definition) is 9. The first-order valence-corrected chi connectivity index (χ1v) is 10.6. The lowest BCUT2D eigenvalue weighted by Gasteiger charge is -2.14. The van der Waals surface area contributed by atoms with Crippen molar-refractivity contribution < 1.29 is 37.7 Å². The standard InChI is InChI=1S/C24H18BrNO8/c1-29-19-11-14(12-20(30-2)21(19)31-3)23(27)33-17-7-6-15(25)9-13(17)10-16-24(28)34-22(26-16)18-5-4-8-32-18/h4-12H,1-3H3/b16-10+. The number of cyclic esters (lactones) is 1. The van der Waals surface area contributed by atoms with E-state index in [1.54, 1.807) is 30.3 Å². The molecule has 1 aromatic heterocycles. The molecule has 34 heavy (non-hydrogen) atoms. The van der Waals surface area contributed by atoms with Crippen LogP contribution in [0.4, 0.5) is 0 Å². The molecule has 174 valence electrons. The molecule has 0 saturated carbocycles. The van der Waals surface area contributed by atoms with Gasteiger partial charge in [-0.15, -0.1) is 0 Å². The Hall–Kier alpha value is -4.05. The average Bonchev–Trinajstić information content (AvgIpc) is 3.50. The fraction of sp³-hybridized carbons (Fsp3) is 0.125. The quantitative estimate of drug-likeness (QED) is 0.248. The molecule has 0 unspecified atom stereocenters. The van der Waals surface area contributed by atoms with E-state index in [9.17, 15) is 9.59 Å². The molecule has 3 aromatic rings. The smallest absolute Gasteiger partial charge is 0.363 e. The molecule has 1 aliphatic rings. The molecule has 0 bridgehead atoms. The number of carbonyl (C=O) groups is 2. The van der Waals surface area contributed by atoms with Crippen LogP contribution in [0.3, 0.4) is 0 Å². The molecule has 4 rings (SSSR count). The van der Waals surface area contributed by atoms with E-state index >= 15 is 0 Å². The summed E-state index contributed by atoms with van der Waals surface area (Å²) in [7, 11) is 4.36. The van der Waals surface area contributed by atoms with E-state index in [1.165, 1.54) is 45.8 Å². The number of halogens is 1. The molecular formula is C24H18BrNO8. The van der Waals surface area contributed by atoms with E-state index in [4.69, 9.17) is 28.1 Å². The Morgan fingerprint density at radius 3 is 2.35 bits per heavy atom. The third-order valence-electron chi connectivity index (χ3n) is 4.72. The fourth-order valence-electron chi connectivity index (χ4n) is 3.14. The van der Waals surface area contributed by atoms with Gasteiger partial charge in [-0.2, -0.15) is 0 Å². The highest BCUT2D eigenvalue weighted by Gasteiger charge is 2.26. The summed E-state index contributed by atoms with van der Waals surface area (Å²) in [5, 5.41) is 0.